The molecular weight excluding hydrogens is 216 g/mol. The Labute approximate surface area is 101 Å². The van der Waals surface area contributed by atoms with Crippen molar-refractivity contribution in [2.45, 2.75) is 25.8 Å². The minimum Gasteiger partial charge on any atom is -0.398 e. The topological polar surface area (TPSA) is 64.3 Å². The van der Waals surface area contributed by atoms with Crippen LogP contribution in [0.3, 0.4) is 0 Å². The van der Waals surface area contributed by atoms with Gasteiger partial charge in [-0.3, -0.25) is 4.79 Å². The maximum absolute atomic E-state index is 12.0. The van der Waals surface area contributed by atoms with E-state index in [9.17, 15) is 4.79 Å². The van der Waals surface area contributed by atoms with E-state index in [-0.39, 0.29) is 11.9 Å². The average molecular weight is 234 g/mol. The number of nitrogens with one attached hydrogen (secondary N) is 1. The maximum atomic E-state index is 12.0. The number of carbonyl (C=O) groups excluding carboxylic acids is 1. The molecule has 1 aliphatic heterocycles. The first-order valence-corrected chi connectivity index (χ1v) is 5.91. The molecule has 2 rings (SSSR count). The molecular formula is C13H18N2O2. The zero-order valence-electron chi connectivity index (χ0n) is 10.0. The number of ether oxygens (including phenoxy) is 1. The molecule has 1 heterocycles. The van der Waals surface area contributed by atoms with Crippen LogP contribution in [0.4, 0.5) is 5.69 Å². The zero-order chi connectivity index (χ0) is 12.3. The standard InChI is InChI=1S/C13H18N2O2/c1-9-4-5-10(7-12(9)14)13(16)15-11-3-2-6-17-8-11/h4-5,7,11H,2-3,6,8,14H2,1H3,(H,15,16). The molecule has 4 nitrogen and oxygen atoms in total. The van der Waals surface area contributed by atoms with Gasteiger partial charge < -0.3 is 15.8 Å². The second kappa shape index (κ2) is 5.19. The Bertz CT molecular complexity index is 412. The van der Waals surface area contributed by atoms with Crippen LogP contribution in [0.15, 0.2) is 18.2 Å². The summed E-state index contributed by atoms with van der Waals surface area (Å²) < 4.78 is 5.32. The molecule has 17 heavy (non-hydrogen) atoms. The number of carbonyl (C=O) groups is 1. The van der Waals surface area contributed by atoms with Crippen molar-refractivity contribution in [1.29, 1.82) is 0 Å². The molecule has 1 atom stereocenters. The lowest BCUT2D eigenvalue weighted by Gasteiger charge is -2.23. The fraction of sp³-hybridized carbons (Fsp3) is 0.462. The Morgan fingerprint density at radius 2 is 2.35 bits per heavy atom. The molecule has 1 aliphatic rings. The number of nitrogen functional groups attached to an aromatic ring is 1. The van der Waals surface area contributed by atoms with Crippen LogP contribution in [0.25, 0.3) is 0 Å². The molecule has 0 radical (unpaired) electrons. The first-order chi connectivity index (χ1) is 8.16. The molecule has 92 valence electrons. The number of rotatable bonds is 2. The lowest BCUT2D eigenvalue weighted by Crippen LogP contribution is -2.40. The van der Waals surface area contributed by atoms with Crippen molar-refractivity contribution in [3.8, 4) is 0 Å². The Kier molecular flexibility index (Phi) is 3.64. The molecule has 1 aromatic rings. The van der Waals surface area contributed by atoms with Gasteiger partial charge in [-0.05, 0) is 37.5 Å². The number of nitrogens with two attached hydrogens (primary N) is 1. The summed E-state index contributed by atoms with van der Waals surface area (Å²) in [7, 11) is 0. The van der Waals surface area contributed by atoms with Crippen molar-refractivity contribution in [2.24, 2.45) is 0 Å². The van der Waals surface area contributed by atoms with Gasteiger partial charge in [0.15, 0.2) is 0 Å². The van der Waals surface area contributed by atoms with Crippen molar-refractivity contribution in [3.05, 3.63) is 29.3 Å². The Balaban J connectivity index is 2.01. The molecule has 1 fully saturated rings. The second-order valence-electron chi connectivity index (χ2n) is 4.46. The van der Waals surface area contributed by atoms with E-state index in [0.29, 0.717) is 17.9 Å². The summed E-state index contributed by atoms with van der Waals surface area (Å²) in [6.45, 7) is 3.32. The van der Waals surface area contributed by atoms with E-state index < -0.39 is 0 Å². The molecule has 0 spiro atoms. The van der Waals surface area contributed by atoms with Crippen LogP contribution >= 0.6 is 0 Å². The van der Waals surface area contributed by atoms with Gasteiger partial charge in [0.25, 0.3) is 5.91 Å². The molecule has 0 saturated carbocycles. The highest BCUT2D eigenvalue weighted by molar-refractivity contribution is 5.95. The normalized spacial score (nSPS) is 19.9. The second-order valence-corrected chi connectivity index (χ2v) is 4.46. The molecule has 4 heteroatoms. The summed E-state index contributed by atoms with van der Waals surface area (Å²) in [6.07, 6.45) is 1.98. The predicted molar refractivity (Wildman–Crippen MR) is 66.9 cm³/mol. The minimum absolute atomic E-state index is 0.0767. The third-order valence-corrected chi connectivity index (χ3v) is 3.04. The fourth-order valence-electron chi connectivity index (χ4n) is 1.91. The van der Waals surface area contributed by atoms with Crippen molar-refractivity contribution >= 4 is 11.6 Å². The van der Waals surface area contributed by atoms with Crippen LogP contribution in [-0.4, -0.2) is 25.2 Å². The quantitative estimate of drug-likeness (QED) is 0.762. The highest BCUT2D eigenvalue weighted by Crippen LogP contribution is 2.13. The lowest BCUT2D eigenvalue weighted by atomic mass is 10.1. The average Bonchev–Trinajstić information content (AvgIpc) is 2.34. The summed E-state index contributed by atoms with van der Waals surface area (Å²) in [5.41, 5.74) is 8.04. The Morgan fingerprint density at radius 1 is 1.53 bits per heavy atom. The van der Waals surface area contributed by atoms with Gasteiger partial charge in [-0.15, -0.1) is 0 Å². The van der Waals surface area contributed by atoms with Crippen molar-refractivity contribution in [2.75, 3.05) is 18.9 Å². The van der Waals surface area contributed by atoms with Crippen molar-refractivity contribution < 1.29 is 9.53 Å². The molecule has 1 saturated heterocycles. The molecule has 3 N–H and O–H groups in total. The summed E-state index contributed by atoms with van der Waals surface area (Å²) >= 11 is 0. The molecule has 0 aromatic heterocycles. The molecule has 0 aliphatic carbocycles. The maximum Gasteiger partial charge on any atom is 0.251 e. The number of anilines is 1. The van der Waals surface area contributed by atoms with Gasteiger partial charge in [0, 0.05) is 17.9 Å². The first kappa shape index (κ1) is 11.9. The van der Waals surface area contributed by atoms with E-state index in [1.54, 1.807) is 12.1 Å². The van der Waals surface area contributed by atoms with Gasteiger partial charge in [0.2, 0.25) is 0 Å². The molecule has 0 bridgehead atoms. The Morgan fingerprint density at radius 3 is 3.00 bits per heavy atom. The molecule has 1 amide bonds. The minimum atomic E-state index is -0.0767. The van der Waals surface area contributed by atoms with Crippen LogP contribution in [0.1, 0.15) is 28.8 Å². The number of hydrogen-bond acceptors (Lipinski definition) is 3. The number of benzene rings is 1. The van der Waals surface area contributed by atoms with Crippen LogP contribution in [0.2, 0.25) is 0 Å². The van der Waals surface area contributed by atoms with E-state index in [1.165, 1.54) is 0 Å². The number of hydrogen-bond donors (Lipinski definition) is 2. The van der Waals surface area contributed by atoms with Crippen molar-refractivity contribution in [3.63, 3.8) is 0 Å². The molecule has 1 unspecified atom stereocenters. The highest BCUT2D eigenvalue weighted by Gasteiger charge is 2.17. The SMILES string of the molecule is Cc1ccc(C(=O)NC2CCCOC2)cc1N. The number of amides is 1. The third-order valence-electron chi connectivity index (χ3n) is 3.04. The monoisotopic (exact) mass is 234 g/mol. The van der Waals surface area contributed by atoms with Gasteiger partial charge >= 0.3 is 0 Å². The fourth-order valence-corrected chi connectivity index (χ4v) is 1.91. The summed E-state index contributed by atoms with van der Waals surface area (Å²) in [6, 6.07) is 5.50. The van der Waals surface area contributed by atoms with Gasteiger partial charge in [0.1, 0.15) is 0 Å². The van der Waals surface area contributed by atoms with E-state index in [0.717, 1.165) is 25.0 Å². The van der Waals surface area contributed by atoms with E-state index >= 15 is 0 Å². The van der Waals surface area contributed by atoms with Gasteiger partial charge in [0.05, 0.1) is 12.6 Å². The van der Waals surface area contributed by atoms with E-state index in [4.69, 9.17) is 10.5 Å². The predicted octanol–water partition coefficient (Wildman–Crippen LogP) is 1.49. The van der Waals surface area contributed by atoms with Crippen LogP contribution < -0.4 is 11.1 Å². The lowest BCUT2D eigenvalue weighted by molar-refractivity contribution is 0.0624. The van der Waals surface area contributed by atoms with Gasteiger partial charge in [-0.1, -0.05) is 6.07 Å². The van der Waals surface area contributed by atoms with Crippen LogP contribution in [-0.2, 0) is 4.74 Å². The van der Waals surface area contributed by atoms with E-state index in [1.807, 2.05) is 13.0 Å². The van der Waals surface area contributed by atoms with Gasteiger partial charge in [-0.25, -0.2) is 0 Å². The first-order valence-electron chi connectivity index (χ1n) is 5.91. The zero-order valence-corrected chi connectivity index (χ0v) is 10.0. The third kappa shape index (κ3) is 2.97. The van der Waals surface area contributed by atoms with E-state index in [2.05, 4.69) is 5.32 Å². The smallest absolute Gasteiger partial charge is 0.251 e. The summed E-state index contributed by atoms with van der Waals surface area (Å²) in [4.78, 5) is 12.0. The Hall–Kier alpha value is -1.55. The summed E-state index contributed by atoms with van der Waals surface area (Å²) in [5.74, 6) is -0.0767. The van der Waals surface area contributed by atoms with Gasteiger partial charge in [-0.2, -0.15) is 0 Å². The van der Waals surface area contributed by atoms with Crippen LogP contribution in [0.5, 0.6) is 0 Å². The van der Waals surface area contributed by atoms with Crippen molar-refractivity contribution in [1.82, 2.24) is 5.32 Å². The molecule has 1 aromatic carbocycles. The number of aryl methyl sites for hydroxylation is 1. The summed E-state index contributed by atoms with van der Waals surface area (Å²) in [5, 5.41) is 2.96. The largest absolute Gasteiger partial charge is 0.398 e. The highest BCUT2D eigenvalue weighted by atomic mass is 16.5. The van der Waals surface area contributed by atoms with Crippen LogP contribution in [0, 0.1) is 6.92 Å².